The molecule has 1 atom stereocenters. The van der Waals surface area contributed by atoms with Gasteiger partial charge in [0.05, 0.1) is 6.10 Å². The first-order valence-electron chi connectivity index (χ1n) is 7.98. The van der Waals surface area contributed by atoms with Gasteiger partial charge in [-0.2, -0.15) is 0 Å². The Morgan fingerprint density at radius 2 is 1.95 bits per heavy atom. The molecule has 1 aliphatic carbocycles. The smallest absolute Gasteiger partial charge is 0.231 e. The van der Waals surface area contributed by atoms with Gasteiger partial charge in [0.1, 0.15) is 0 Å². The van der Waals surface area contributed by atoms with Crippen LogP contribution in [0, 0.1) is 5.92 Å². The average Bonchev–Trinajstić information content (AvgIpc) is 2.95. The summed E-state index contributed by atoms with van der Waals surface area (Å²) in [6.45, 7) is 2.02. The Morgan fingerprint density at radius 1 is 1.19 bits per heavy atom. The fourth-order valence-corrected chi connectivity index (χ4v) is 3.41. The molecular formula is C17H25NO3. The fourth-order valence-electron chi connectivity index (χ4n) is 3.41. The molecule has 116 valence electrons. The first-order valence-corrected chi connectivity index (χ1v) is 7.98. The molecule has 1 unspecified atom stereocenters. The first kappa shape index (κ1) is 14.7. The van der Waals surface area contributed by atoms with Gasteiger partial charge in [-0.15, -0.1) is 0 Å². The summed E-state index contributed by atoms with van der Waals surface area (Å²) in [4.78, 5) is 2.26. The first-order chi connectivity index (χ1) is 10.2. The van der Waals surface area contributed by atoms with Gasteiger partial charge in [0.2, 0.25) is 6.79 Å². The van der Waals surface area contributed by atoms with Crippen LogP contribution in [0.4, 0.5) is 0 Å². The van der Waals surface area contributed by atoms with Gasteiger partial charge >= 0.3 is 0 Å². The number of hydrogen-bond donors (Lipinski definition) is 1. The Labute approximate surface area is 126 Å². The topological polar surface area (TPSA) is 41.9 Å². The summed E-state index contributed by atoms with van der Waals surface area (Å²) in [5, 5.41) is 10.4. The molecule has 0 radical (unpaired) electrons. The van der Waals surface area contributed by atoms with Crippen LogP contribution in [0.2, 0.25) is 0 Å². The summed E-state index contributed by atoms with van der Waals surface area (Å²) in [5.41, 5.74) is 0.898. The molecule has 1 saturated carbocycles. The summed E-state index contributed by atoms with van der Waals surface area (Å²) in [6.07, 6.45) is 6.31. The van der Waals surface area contributed by atoms with Crippen molar-refractivity contribution >= 4 is 0 Å². The van der Waals surface area contributed by atoms with E-state index in [0.717, 1.165) is 29.5 Å². The number of nitrogens with zero attached hydrogens (tertiary/aromatic N) is 1. The predicted molar refractivity (Wildman–Crippen MR) is 81.6 cm³/mol. The lowest BCUT2D eigenvalue weighted by atomic mass is 9.89. The van der Waals surface area contributed by atoms with Crippen LogP contribution in [0.5, 0.6) is 11.5 Å². The van der Waals surface area contributed by atoms with Crippen molar-refractivity contribution in [2.45, 2.75) is 38.2 Å². The summed E-state index contributed by atoms with van der Waals surface area (Å²) < 4.78 is 10.7. The van der Waals surface area contributed by atoms with Crippen LogP contribution in [0.1, 0.15) is 43.8 Å². The van der Waals surface area contributed by atoms with Crippen molar-refractivity contribution in [3.8, 4) is 11.5 Å². The number of aliphatic hydroxyl groups is 1. The Balaban J connectivity index is 1.54. The molecule has 1 N–H and O–H groups in total. The molecule has 4 heteroatoms. The lowest BCUT2D eigenvalue weighted by Gasteiger charge is -2.28. The van der Waals surface area contributed by atoms with Crippen molar-refractivity contribution in [2.75, 3.05) is 26.9 Å². The fraction of sp³-hybridized carbons (Fsp3) is 0.647. The molecule has 1 fully saturated rings. The Hall–Kier alpha value is -1.26. The Bertz CT molecular complexity index is 471. The van der Waals surface area contributed by atoms with Crippen molar-refractivity contribution in [1.29, 1.82) is 0 Å². The van der Waals surface area contributed by atoms with Crippen LogP contribution < -0.4 is 9.47 Å². The van der Waals surface area contributed by atoms with Gasteiger partial charge in [-0.1, -0.05) is 25.3 Å². The molecule has 2 aliphatic rings. The molecule has 0 amide bonds. The summed E-state index contributed by atoms with van der Waals surface area (Å²) in [5.74, 6) is 2.30. The zero-order chi connectivity index (χ0) is 14.7. The Kier molecular flexibility index (Phi) is 4.66. The molecule has 1 aromatic carbocycles. The van der Waals surface area contributed by atoms with E-state index in [2.05, 4.69) is 11.9 Å². The van der Waals surface area contributed by atoms with E-state index in [-0.39, 0.29) is 6.79 Å². The molecule has 3 rings (SSSR count). The number of likely N-dealkylation sites (N-methyl/N-ethyl adjacent to an activating group) is 1. The number of hydrogen-bond acceptors (Lipinski definition) is 4. The van der Waals surface area contributed by atoms with Crippen molar-refractivity contribution in [3.05, 3.63) is 23.8 Å². The molecule has 0 aromatic heterocycles. The van der Waals surface area contributed by atoms with Crippen LogP contribution in [-0.4, -0.2) is 36.9 Å². The largest absolute Gasteiger partial charge is 0.454 e. The molecule has 0 bridgehead atoms. The highest BCUT2D eigenvalue weighted by Crippen LogP contribution is 2.34. The molecule has 0 spiro atoms. The van der Waals surface area contributed by atoms with Crippen LogP contribution in [-0.2, 0) is 0 Å². The zero-order valence-electron chi connectivity index (χ0n) is 12.8. The second-order valence-corrected chi connectivity index (χ2v) is 6.35. The number of rotatable bonds is 5. The van der Waals surface area contributed by atoms with E-state index >= 15 is 0 Å². The van der Waals surface area contributed by atoms with Gasteiger partial charge in [-0.3, -0.25) is 0 Å². The van der Waals surface area contributed by atoms with E-state index in [1.54, 1.807) is 0 Å². The van der Waals surface area contributed by atoms with E-state index in [0.29, 0.717) is 6.54 Å². The number of fused-ring (bicyclic) bond motifs is 1. The summed E-state index contributed by atoms with van der Waals surface area (Å²) in [6, 6.07) is 5.69. The van der Waals surface area contributed by atoms with Crippen molar-refractivity contribution < 1.29 is 14.6 Å². The van der Waals surface area contributed by atoms with Gasteiger partial charge in [-0.05, 0) is 43.5 Å². The van der Waals surface area contributed by atoms with Crippen molar-refractivity contribution in [3.63, 3.8) is 0 Å². The molecule has 1 heterocycles. The number of benzene rings is 1. The van der Waals surface area contributed by atoms with Gasteiger partial charge < -0.3 is 19.5 Å². The highest BCUT2D eigenvalue weighted by Gasteiger charge is 2.20. The molecule has 0 saturated heterocycles. The van der Waals surface area contributed by atoms with Crippen LogP contribution in [0.15, 0.2) is 18.2 Å². The molecule has 1 aliphatic heterocycles. The van der Waals surface area contributed by atoms with Crippen molar-refractivity contribution in [1.82, 2.24) is 4.90 Å². The predicted octanol–water partition coefficient (Wildman–Crippen LogP) is 2.96. The third-order valence-corrected chi connectivity index (χ3v) is 4.56. The third-order valence-electron chi connectivity index (χ3n) is 4.56. The van der Waals surface area contributed by atoms with Crippen LogP contribution >= 0.6 is 0 Å². The Morgan fingerprint density at radius 3 is 2.76 bits per heavy atom. The highest BCUT2D eigenvalue weighted by atomic mass is 16.7. The second kappa shape index (κ2) is 6.67. The van der Waals surface area contributed by atoms with E-state index < -0.39 is 6.10 Å². The highest BCUT2D eigenvalue weighted by molar-refractivity contribution is 5.45. The lowest BCUT2D eigenvalue weighted by molar-refractivity contribution is 0.113. The minimum Gasteiger partial charge on any atom is -0.454 e. The monoisotopic (exact) mass is 291 g/mol. The maximum absolute atomic E-state index is 10.4. The minimum absolute atomic E-state index is 0.274. The molecular weight excluding hydrogens is 266 g/mol. The van der Waals surface area contributed by atoms with Gasteiger partial charge in [0.15, 0.2) is 11.5 Å². The van der Waals surface area contributed by atoms with E-state index in [1.807, 2.05) is 18.2 Å². The second-order valence-electron chi connectivity index (χ2n) is 6.35. The standard InChI is InChI=1S/C17H25NO3/c1-18(10-13-5-3-2-4-6-13)11-15(19)14-7-8-16-17(9-14)21-12-20-16/h7-9,13,15,19H,2-6,10-12H2,1H3. The molecule has 21 heavy (non-hydrogen) atoms. The summed E-state index contributed by atoms with van der Waals surface area (Å²) >= 11 is 0. The van der Waals surface area contributed by atoms with Crippen LogP contribution in [0.25, 0.3) is 0 Å². The quantitative estimate of drug-likeness (QED) is 0.905. The SMILES string of the molecule is CN(CC1CCCCC1)CC(O)c1ccc2c(c1)OCO2. The number of ether oxygens (including phenoxy) is 2. The minimum atomic E-state index is -0.479. The van der Waals surface area contributed by atoms with E-state index in [1.165, 1.54) is 32.1 Å². The van der Waals surface area contributed by atoms with Gasteiger partial charge in [-0.25, -0.2) is 0 Å². The van der Waals surface area contributed by atoms with Gasteiger partial charge in [0.25, 0.3) is 0 Å². The van der Waals surface area contributed by atoms with E-state index in [4.69, 9.17) is 9.47 Å². The summed E-state index contributed by atoms with van der Waals surface area (Å²) in [7, 11) is 2.10. The maximum Gasteiger partial charge on any atom is 0.231 e. The van der Waals surface area contributed by atoms with Crippen molar-refractivity contribution in [2.24, 2.45) is 5.92 Å². The maximum atomic E-state index is 10.4. The zero-order valence-corrected chi connectivity index (χ0v) is 12.8. The lowest BCUT2D eigenvalue weighted by Crippen LogP contribution is -2.30. The third kappa shape index (κ3) is 3.69. The average molecular weight is 291 g/mol. The van der Waals surface area contributed by atoms with E-state index in [9.17, 15) is 5.11 Å². The molecule has 1 aromatic rings. The van der Waals surface area contributed by atoms with Crippen LogP contribution in [0.3, 0.4) is 0 Å². The normalized spacial score (nSPS) is 20.0. The van der Waals surface area contributed by atoms with Gasteiger partial charge in [0, 0.05) is 13.1 Å². The molecule has 4 nitrogen and oxygen atoms in total. The number of aliphatic hydroxyl groups excluding tert-OH is 1.